The molecular formula is C17H28O2SSi. The van der Waals surface area contributed by atoms with Crippen LogP contribution in [0.15, 0.2) is 11.4 Å². The highest BCUT2D eigenvalue weighted by Gasteiger charge is 2.26. The quantitative estimate of drug-likeness (QED) is 0.660. The molecule has 0 N–H and O–H groups in total. The predicted octanol–water partition coefficient (Wildman–Crippen LogP) is 5.00. The number of aryl methyl sites for hydroxylation is 1. The number of Topliss-reactive ketones (excluding diaryl/α,β-unsaturated/α-hetero) is 1. The van der Waals surface area contributed by atoms with Crippen molar-refractivity contribution in [3.8, 4) is 0 Å². The molecule has 0 aliphatic heterocycles. The van der Waals surface area contributed by atoms with Crippen LogP contribution in [0.1, 0.15) is 65.3 Å². The van der Waals surface area contributed by atoms with Crippen LogP contribution in [0.3, 0.4) is 0 Å². The fourth-order valence-electron chi connectivity index (χ4n) is 1.71. The SMILES string of the molecule is CC(C)C(=O)CCc1csc(C(C)(C)O[Si]C(C)(C)C)c1. The molecule has 0 aromatic carbocycles. The summed E-state index contributed by atoms with van der Waals surface area (Å²) < 4.78 is 6.13. The van der Waals surface area contributed by atoms with Crippen LogP contribution in [-0.2, 0) is 21.2 Å². The first kappa shape index (κ1) is 18.6. The molecule has 0 aliphatic carbocycles. The molecule has 1 heterocycles. The number of carbonyl (C=O) groups is 1. The van der Waals surface area contributed by atoms with E-state index in [1.807, 2.05) is 13.8 Å². The Morgan fingerprint density at radius 1 is 1.29 bits per heavy atom. The van der Waals surface area contributed by atoms with Gasteiger partial charge in [-0.3, -0.25) is 4.79 Å². The molecule has 21 heavy (non-hydrogen) atoms. The van der Waals surface area contributed by atoms with E-state index in [4.69, 9.17) is 4.43 Å². The largest absolute Gasteiger partial charge is 0.407 e. The topological polar surface area (TPSA) is 26.3 Å². The van der Waals surface area contributed by atoms with Gasteiger partial charge in [-0.1, -0.05) is 34.6 Å². The zero-order valence-corrected chi connectivity index (χ0v) is 16.2. The normalized spacial score (nSPS) is 13.0. The lowest BCUT2D eigenvalue weighted by Crippen LogP contribution is -2.26. The molecule has 1 aromatic rings. The molecular weight excluding hydrogens is 296 g/mol. The summed E-state index contributed by atoms with van der Waals surface area (Å²) in [5.41, 5.74) is 0.997. The second kappa shape index (κ2) is 7.21. The zero-order valence-electron chi connectivity index (χ0n) is 14.4. The minimum atomic E-state index is -0.253. The Bertz CT molecular complexity index is 469. The first-order chi connectivity index (χ1) is 9.51. The molecule has 0 bridgehead atoms. The highest BCUT2D eigenvalue weighted by atomic mass is 32.1. The summed E-state index contributed by atoms with van der Waals surface area (Å²) in [4.78, 5) is 13.0. The summed E-state index contributed by atoms with van der Waals surface area (Å²) in [5, 5.41) is 2.36. The van der Waals surface area contributed by atoms with Crippen molar-refractivity contribution in [1.29, 1.82) is 0 Å². The maximum absolute atomic E-state index is 11.7. The molecule has 4 heteroatoms. The third kappa shape index (κ3) is 6.45. The van der Waals surface area contributed by atoms with Gasteiger partial charge in [0.25, 0.3) is 0 Å². The van der Waals surface area contributed by atoms with Crippen LogP contribution in [0.4, 0.5) is 0 Å². The van der Waals surface area contributed by atoms with Gasteiger partial charge in [-0.2, -0.15) is 0 Å². The minimum absolute atomic E-state index is 0.135. The van der Waals surface area contributed by atoms with Gasteiger partial charge in [0, 0.05) is 17.2 Å². The lowest BCUT2D eigenvalue weighted by molar-refractivity contribution is -0.121. The average molecular weight is 325 g/mol. The molecule has 1 rings (SSSR count). The summed E-state index contributed by atoms with van der Waals surface area (Å²) in [7, 11) is 0.474. The van der Waals surface area contributed by atoms with E-state index >= 15 is 0 Å². The second-order valence-corrected chi connectivity index (χ2v) is 10.2. The Morgan fingerprint density at radius 2 is 1.90 bits per heavy atom. The highest BCUT2D eigenvalue weighted by Crippen LogP contribution is 2.33. The van der Waals surface area contributed by atoms with Crippen molar-refractivity contribution in [3.05, 3.63) is 21.9 Å². The van der Waals surface area contributed by atoms with Gasteiger partial charge in [0.2, 0.25) is 9.76 Å². The van der Waals surface area contributed by atoms with Crippen LogP contribution in [-0.4, -0.2) is 15.5 Å². The highest BCUT2D eigenvalue weighted by molar-refractivity contribution is 7.10. The number of thiophene rings is 1. The van der Waals surface area contributed by atoms with Gasteiger partial charge in [-0.15, -0.1) is 11.3 Å². The van der Waals surface area contributed by atoms with Crippen molar-refractivity contribution in [2.45, 2.75) is 71.9 Å². The summed E-state index contributed by atoms with van der Waals surface area (Å²) in [5.74, 6) is 0.475. The third-order valence-electron chi connectivity index (χ3n) is 3.16. The van der Waals surface area contributed by atoms with E-state index in [1.54, 1.807) is 11.3 Å². The summed E-state index contributed by atoms with van der Waals surface area (Å²) in [6.07, 6.45) is 1.48. The van der Waals surface area contributed by atoms with Crippen molar-refractivity contribution >= 4 is 26.9 Å². The Balaban J connectivity index is 2.63. The van der Waals surface area contributed by atoms with Crippen molar-refractivity contribution in [2.75, 3.05) is 0 Å². The van der Waals surface area contributed by atoms with E-state index in [-0.39, 0.29) is 16.6 Å². The van der Waals surface area contributed by atoms with Crippen molar-refractivity contribution < 1.29 is 9.22 Å². The van der Waals surface area contributed by atoms with Crippen LogP contribution in [0.2, 0.25) is 5.04 Å². The molecule has 0 spiro atoms. The maximum Gasteiger partial charge on any atom is 0.237 e. The summed E-state index contributed by atoms with van der Waals surface area (Å²) in [6.45, 7) is 14.8. The standard InChI is InChI=1S/C17H28O2SSi/c1-12(2)14(18)9-8-13-10-15(20-11-13)17(6,7)19-21-16(3,4)5/h10-12H,8-9H2,1-7H3. The zero-order chi connectivity index (χ0) is 16.3. The van der Waals surface area contributed by atoms with E-state index in [9.17, 15) is 4.79 Å². The molecule has 0 atom stereocenters. The number of ketones is 1. The van der Waals surface area contributed by atoms with Gasteiger partial charge in [0.05, 0.1) is 5.60 Å². The Kier molecular flexibility index (Phi) is 6.38. The number of rotatable bonds is 7. The Hall–Kier alpha value is -0.453. The van der Waals surface area contributed by atoms with E-state index in [1.165, 1.54) is 10.4 Å². The first-order valence-corrected chi connectivity index (χ1v) is 9.36. The van der Waals surface area contributed by atoms with Crippen LogP contribution >= 0.6 is 11.3 Å². The van der Waals surface area contributed by atoms with Crippen molar-refractivity contribution in [3.63, 3.8) is 0 Å². The van der Waals surface area contributed by atoms with E-state index < -0.39 is 0 Å². The lowest BCUT2D eigenvalue weighted by Gasteiger charge is -2.28. The van der Waals surface area contributed by atoms with E-state index in [2.05, 4.69) is 46.1 Å². The van der Waals surface area contributed by atoms with Gasteiger partial charge >= 0.3 is 0 Å². The van der Waals surface area contributed by atoms with E-state index in [0.717, 1.165) is 6.42 Å². The number of hydrogen-bond acceptors (Lipinski definition) is 3. The molecule has 0 saturated carbocycles. The predicted molar refractivity (Wildman–Crippen MR) is 92.1 cm³/mol. The van der Waals surface area contributed by atoms with Crippen molar-refractivity contribution in [2.24, 2.45) is 5.92 Å². The maximum atomic E-state index is 11.7. The first-order valence-electron chi connectivity index (χ1n) is 7.57. The van der Waals surface area contributed by atoms with E-state index in [0.29, 0.717) is 22.0 Å². The lowest BCUT2D eigenvalue weighted by atomic mass is 10.0. The molecule has 2 nitrogen and oxygen atoms in total. The van der Waals surface area contributed by atoms with Crippen LogP contribution in [0.25, 0.3) is 0 Å². The Labute approximate surface area is 136 Å². The van der Waals surface area contributed by atoms with Crippen LogP contribution < -0.4 is 0 Å². The number of carbonyl (C=O) groups excluding carboxylic acids is 1. The molecule has 0 unspecified atom stereocenters. The summed E-state index contributed by atoms with van der Waals surface area (Å²) in [6, 6.07) is 2.20. The third-order valence-corrected chi connectivity index (χ3v) is 5.67. The smallest absolute Gasteiger partial charge is 0.237 e. The molecule has 0 fully saturated rings. The molecule has 0 saturated heterocycles. The van der Waals surface area contributed by atoms with Crippen LogP contribution in [0.5, 0.6) is 0 Å². The van der Waals surface area contributed by atoms with Gasteiger partial charge in [-0.05, 0) is 42.3 Å². The van der Waals surface area contributed by atoms with Gasteiger partial charge in [0.15, 0.2) is 0 Å². The monoisotopic (exact) mass is 324 g/mol. The van der Waals surface area contributed by atoms with Gasteiger partial charge < -0.3 is 4.43 Å². The van der Waals surface area contributed by atoms with Crippen LogP contribution in [0, 0.1) is 5.92 Å². The second-order valence-electron chi connectivity index (χ2n) is 7.40. The van der Waals surface area contributed by atoms with Gasteiger partial charge in [0.1, 0.15) is 5.78 Å². The fraction of sp³-hybridized carbons (Fsp3) is 0.706. The van der Waals surface area contributed by atoms with Gasteiger partial charge in [-0.25, -0.2) is 0 Å². The molecule has 118 valence electrons. The molecule has 0 aliphatic rings. The minimum Gasteiger partial charge on any atom is -0.407 e. The molecule has 2 radical (unpaired) electrons. The number of hydrogen-bond donors (Lipinski definition) is 0. The van der Waals surface area contributed by atoms with Crippen molar-refractivity contribution in [1.82, 2.24) is 0 Å². The average Bonchev–Trinajstić information content (AvgIpc) is 2.82. The molecule has 1 aromatic heterocycles. The Morgan fingerprint density at radius 3 is 2.43 bits per heavy atom. The summed E-state index contributed by atoms with van der Waals surface area (Å²) >= 11 is 1.74. The fourth-order valence-corrected chi connectivity index (χ4v) is 3.46. The molecule has 0 amide bonds.